The number of thiazole rings is 4. The van der Waals surface area contributed by atoms with Crippen molar-refractivity contribution in [3.8, 4) is 53.5 Å². The van der Waals surface area contributed by atoms with Crippen LogP contribution in [0.1, 0.15) is 117 Å². The smallest absolute Gasteiger partial charge is 0.633 e. The number of allylic oxidation sites excluding steroid dienone is 3. The van der Waals surface area contributed by atoms with Crippen molar-refractivity contribution in [2.75, 3.05) is 26.3 Å². The number of fused-ring (bicyclic) bond motifs is 4. The summed E-state index contributed by atoms with van der Waals surface area (Å²) < 4.78 is 15.5. The minimum atomic E-state index is -0.537. The summed E-state index contributed by atoms with van der Waals surface area (Å²) in [5.41, 5.74) is 16.7. The molecule has 6 N–H and O–H groups in total. The third-order valence-electron chi connectivity index (χ3n) is 17.4. The summed E-state index contributed by atoms with van der Waals surface area (Å²) in [6.45, 7) is 27.7. The molecule has 16 aromatic rings. The first kappa shape index (κ1) is 109. The standard InChI is InChI=1S/2C17H16NS.2C13H8NS.C12H10N.C9H9NO.C9H8NO.3C5H10O2.4Ir/c2*1-17(2,3)13-10-8-12(9-11-13)16-18-14-6-4-5-7-15(14)19-16;2*1-2-6-10(7-3-1)13-14-11-8-4-5-9-12(11)15-13;1-10-5-7-11(8-6-10)12-4-2-3-9-13-12;2*1-2-4-8(5-3-1)9-10-6-7-11-9;3*1-4(6)3-5(2)7;;;;/h2*4-8,10-11H,1-3H3;2*1-6,8-9H;2-7,9H,1H3;1-4,9H,6-7H2;1-4H,6-7H2;3*3-4,6-7H,1-2H3;;;;/q5*-1;-2;-1;;;;;;;+3. The van der Waals surface area contributed by atoms with Crippen LogP contribution in [-0.2, 0) is 101 Å². The molecule has 0 spiro atoms. The fraction of sp³-hybridized carbons (Fsp3) is 0.219. The molecule has 2 aliphatic heterocycles. The summed E-state index contributed by atoms with van der Waals surface area (Å²) in [4.78, 5) is 26.9. The second-order valence-electron chi connectivity index (χ2n) is 30.4. The molecular weight excluding hydrogens is 2380 g/mol. The Bertz CT molecular complexity index is 5510. The molecule has 5 aromatic heterocycles. The van der Waals surface area contributed by atoms with Crippen molar-refractivity contribution in [1.82, 2.24) is 24.9 Å². The monoisotopic (exact) mass is 2490 g/mol. The van der Waals surface area contributed by atoms with Crippen molar-refractivity contribution in [1.29, 1.82) is 0 Å². The molecule has 11 aromatic carbocycles. The molecule has 7 heterocycles. The van der Waals surface area contributed by atoms with Crippen molar-refractivity contribution < 1.29 is 121 Å². The molecule has 1 saturated heterocycles. The number of para-hydroxylation sites is 4. The summed E-state index contributed by atoms with van der Waals surface area (Å²) in [7, 11) is 0. The van der Waals surface area contributed by atoms with E-state index in [1.807, 2.05) is 176 Å². The van der Waals surface area contributed by atoms with Gasteiger partial charge in [0.2, 0.25) is 0 Å². The Morgan fingerprint density at radius 1 is 0.414 bits per heavy atom. The molecule has 4 atom stereocenters. The van der Waals surface area contributed by atoms with Crippen LogP contribution in [0.4, 0.5) is 0 Å². The number of aromatic nitrogens is 5. The third-order valence-corrected chi connectivity index (χ3v) is 21.7. The molecule has 18 rings (SSSR count). The zero-order valence-corrected chi connectivity index (χ0v) is 86.3. The topological polar surface area (TPSA) is 231 Å². The van der Waals surface area contributed by atoms with Gasteiger partial charge in [-0.05, 0) is 137 Å². The van der Waals surface area contributed by atoms with E-state index >= 15 is 0 Å². The van der Waals surface area contributed by atoms with Gasteiger partial charge < -0.3 is 50.4 Å². The van der Waals surface area contributed by atoms with Gasteiger partial charge in [-0.15, -0.1) is 215 Å². The van der Waals surface area contributed by atoms with Crippen molar-refractivity contribution >= 4 is 92.1 Å². The van der Waals surface area contributed by atoms with E-state index in [1.54, 1.807) is 72.3 Å². The number of pyridine rings is 1. The van der Waals surface area contributed by atoms with E-state index in [2.05, 4.69) is 217 Å². The van der Waals surface area contributed by atoms with Gasteiger partial charge in [0.05, 0.1) is 70.8 Å². The Morgan fingerprint density at radius 2 is 0.766 bits per heavy atom. The Labute approximate surface area is 824 Å². The van der Waals surface area contributed by atoms with E-state index < -0.39 is 18.3 Å². The Kier molecular flexibility index (Phi) is 48.5. The van der Waals surface area contributed by atoms with Gasteiger partial charge in [0.1, 0.15) is 5.90 Å². The first-order valence-electron chi connectivity index (χ1n) is 40.5. The van der Waals surface area contributed by atoms with E-state index in [1.165, 1.54) is 74.5 Å². The third kappa shape index (κ3) is 38.0. The Balaban J connectivity index is 0.000000256. The summed E-state index contributed by atoms with van der Waals surface area (Å²) in [5.74, 6) is 1.21. The minimum Gasteiger partial charge on any atom is -0.633 e. The second kappa shape index (κ2) is 56.9. The van der Waals surface area contributed by atoms with Crippen molar-refractivity contribution in [2.24, 2.45) is 4.99 Å². The maximum atomic E-state index is 8.49. The first-order valence-corrected chi connectivity index (χ1v) is 43.8. The summed E-state index contributed by atoms with van der Waals surface area (Å²) in [6.07, 6.45) is 4.21. The molecule has 128 heavy (non-hydrogen) atoms. The predicted octanol–water partition coefficient (Wildman–Crippen LogP) is 26.1. The van der Waals surface area contributed by atoms with Gasteiger partial charge in [0.15, 0.2) is 0 Å². The van der Waals surface area contributed by atoms with Crippen LogP contribution in [0.3, 0.4) is 0 Å². The van der Waals surface area contributed by atoms with Crippen molar-refractivity contribution in [3.05, 3.63) is 384 Å². The second-order valence-corrected chi connectivity index (χ2v) is 34.5. The summed E-state index contributed by atoms with van der Waals surface area (Å²) >= 11 is 6.86. The molecule has 673 valence electrons. The van der Waals surface area contributed by atoms with Gasteiger partial charge in [-0.25, -0.2) is 0 Å². The average molecular weight is 2490 g/mol. The Morgan fingerprint density at radius 3 is 1.04 bits per heavy atom. The number of aliphatic hydroxyl groups is 6. The number of nitrogens with zero attached hydrogens (tertiary/aromatic N) is 7. The van der Waals surface area contributed by atoms with Gasteiger partial charge in [0, 0.05) is 112 Å². The molecule has 2 aliphatic rings. The van der Waals surface area contributed by atoms with E-state index in [0.717, 1.165) is 112 Å². The van der Waals surface area contributed by atoms with Crippen molar-refractivity contribution in [3.63, 3.8) is 0 Å². The van der Waals surface area contributed by atoms with Crippen molar-refractivity contribution in [2.45, 2.75) is 125 Å². The molecule has 0 bridgehead atoms. The van der Waals surface area contributed by atoms with E-state index in [4.69, 9.17) is 40.1 Å². The van der Waals surface area contributed by atoms with E-state index in [9.17, 15) is 0 Å². The van der Waals surface area contributed by atoms with Crippen LogP contribution in [0.5, 0.6) is 0 Å². The average Bonchev–Trinajstić information content (AvgIpc) is 1.66. The minimum absolute atomic E-state index is 0. The molecular formula is C105H105Ir4N7O8S4-5. The maximum Gasteiger partial charge on any atom is 3.00 e. The SMILES string of the molecule is CC(C)(C)c1c[c-]c(-c2nc3ccccc3s2)cc1.CC(C)(C)c1c[c-]c(-c2nc3ccccc3s2)cc1.CC(O)=CC(C)O.CC(O)=CC(C)O.CC(O)=CC(C)O.Cc1c[c-]c(-c2ccccn2)cc1.[Ir+3].[Ir].[Ir].[Ir].[c-]1ccccc1-c1nc2ccccc2s1.[c-]1ccccc1-c1nc2ccccc2s1.[c-]1ccccc1C1=NCCO1.[c-]1ccccc1C1[N-]CCO1. The number of ether oxygens (including phenoxy) is 2. The predicted molar refractivity (Wildman–Crippen MR) is 515 cm³/mol. The molecule has 0 aliphatic carbocycles. The fourth-order valence-electron chi connectivity index (χ4n) is 11.4. The number of benzene rings is 11. The summed E-state index contributed by atoms with van der Waals surface area (Å²) in [5, 5.41) is 59.1. The maximum absolute atomic E-state index is 8.49. The zero-order chi connectivity index (χ0) is 88.8. The van der Waals surface area contributed by atoms with Crippen LogP contribution in [0.15, 0.2) is 314 Å². The number of hydrogen-bond donors (Lipinski definition) is 6. The number of aliphatic hydroxyl groups excluding tert-OH is 6. The Hall–Kier alpha value is -9.38. The quantitative estimate of drug-likeness (QED) is 0.0553. The zero-order valence-electron chi connectivity index (χ0n) is 73.4. The molecule has 23 heteroatoms. The largest absolute Gasteiger partial charge is 3.00 e. The van der Waals surface area contributed by atoms with Crippen LogP contribution >= 0.6 is 45.3 Å². The molecule has 15 nitrogen and oxygen atoms in total. The number of aliphatic imine (C=N–C) groups is 1. The number of hydrogen-bond acceptors (Lipinski definition) is 18. The normalized spacial score (nSPS) is 13.2. The molecule has 0 amide bonds. The van der Waals surface area contributed by atoms with Gasteiger partial charge in [0.25, 0.3) is 0 Å². The van der Waals surface area contributed by atoms with E-state index in [0.29, 0.717) is 6.61 Å². The first-order chi connectivity index (χ1) is 59.6. The van der Waals surface area contributed by atoms with Crippen LogP contribution in [0, 0.1) is 49.4 Å². The van der Waals surface area contributed by atoms with Crippen LogP contribution in [0.25, 0.3) is 99.7 Å². The number of rotatable bonds is 10. The summed E-state index contributed by atoms with van der Waals surface area (Å²) in [6, 6.07) is 111. The molecule has 3 radical (unpaired) electrons. The van der Waals surface area contributed by atoms with Gasteiger partial charge >= 0.3 is 20.1 Å². The van der Waals surface area contributed by atoms with Gasteiger partial charge in [-0.2, -0.15) is 81.2 Å². The van der Waals surface area contributed by atoms with Crippen LogP contribution in [0.2, 0.25) is 0 Å². The molecule has 0 saturated carbocycles. The van der Waals surface area contributed by atoms with E-state index in [-0.39, 0.29) is 115 Å². The molecule has 1 fully saturated rings. The van der Waals surface area contributed by atoms with Crippen LogP contribution in [-0.4, -0.2) is 106 Å². The van der Waals surface area contributed by atoms with Gasteiger partial charge in [-0.1, -0.05) is 115 Å². The fourth-order valence-corrected chi connectivity index (χ4v) is 15.3. The van der Waals surface area contributed by atoms with Crippen LogP contribution < -0.4 is 0 Å². The number of aryl methyl sites for hydroxylation is 1. The molecule has 4 unspecified atom stereocenters. The van der Waals surface area contributed by atoms with Gasteiger partial charge in [-0.3, -0.25) is 24.9 Å².